The fraction of sp³-hybridized carbons (Fsp3) is 0.211. The number of hydrogen-bond acceptors (Lipinski definition) is 4. The topological polar surface area (TPSA) is 60.7 Å². The SMILES string of the molecule is CCOC(=O)Cn1c(=NC(=O)c2cccc(F)c2)sc2cc(C)ccc21. The maximum atomic E-state index is 13.4. The molecule has 0 saturated heterocycles. The largest absolute Gasteiger partial charge is 0.465 e. The van der Waals surface area contributed by atoms with Crippen LogP contribution in [0.5, 0.6) is 0 Å². The fourth-order valence-corrected chi connectivity index (χ4v) is 3.65. The number of carbonyl (C=O) groups is 2. The van der Waals surface area contributed by atoms with E-state index < -0.39 is 17.7 Å². The molecule has 1 heterocycles. The van der Waals surface area contributed by atoms with Crippen molar-refractivity contribution in [3.05, 3.63) is 64.2 Å². The molecule has 0 aliphatic rings. The van der Waals surface area contributed by atoms with E-state index in [4.69, 9.17) is 4.74 Å². The summed E-state index contributed by atoms with van der Waals surface area (Å²) in [6.45, 7) is 3.92. The van der Waals surface area contributed by atoms with E-state index in [9.17, 15) is 14.0 Å². The van der Waals surface area contributed by atoms with Crippen LogP contribution in [0.25, 0.3) is 10.2 Å². The normalized spacial score (nSPS) is 11.7. The average molecular weight is 372 g/mol. The van der Waals surface area contributed by atoms with Gasteiger partial charge in [0, 0.05) is 5.56 Å². The molecule has 1 aromatic heterocycles. The second kappa shape index (κ2) is 7.61. The maximum Gasteiger partial charge on any atom is 0.326 e. The Bertz CT molecular complexity index is 1050. The van der Waals surface area contributed by atoms with Gasteiger partial charge in [-0.15, -0.1) is 0 Å². The summed E-state index contributed by atoms with van der Waals surface area (Å²) in [5.74, 6) is -1.48. The van der Waals surface area contributed by atoms with Crippen LogP contribution in [0.2, 0.25) is 0 Å². The van der Waals surface area contributed by atoms with Crippen molar-refractivity contribution in [2.24, 2.45) is 4.99 Å². The lowest BCUT2D eigenvalue weighted by atomic mass is 10.2. The van der Waals surface area contributed by atoms with Crippen LogP contribution in [-0.2, 0) is 16.1 Å². The van der Waals surface area contributed by atoms with E-state index in [1.54, 1.807) is 11.5 Å². The Balaban J connectivity index is 2.11. The molecular formula is C19H17FN2O3S. The van der Waals surface area contributed by atoms with Gasteiger partial charge in [-0.3, -0.25) is 9.59 Å². The molecule has 1 amide bonds. The minimum absolute atomic E-state index is 0.0494. The number of rotatable bonds is 4. The molecule has 2 aromatic carbocycles. The number of hydrogen-bond donors (Lipinski definition) is 0. The number of fused-ring (bicyclic) bond motifs is 1. The van der Waals surface area contributed by atoms with E-state index in [2.05, 4.69) is 4.99 Å². The molecule has 0 unspecified atom stereocenters. The van der Waals surface area contributed by atoms with Crippen molar-refractivity contribution in [1.82, 2.24) is 4.57 Å². The first kappa shape index (κ1) is 18.0. The number of benzene rings is 2. The summed E-state index contributed by atoms with van der Waals surface area (Å²) in [7, 11) is 0. The van der Waals surface area contributed by atoms with Crippen LogP contribution in [0.15, 0.2) is 47.5 Å². The molecule has 3 rings (SSSR count). The minimum Gasteiger partial charge on any atom is -0.465 e. The van der Waals surface area contributed by atoms with Crippen LogP contribution in [0, 0.1) is 12.7 Å². The zero-order valence-electron chi connectivity index (χ0n) is 14.4. The molecule has 0 radical (unpaired) electrons. The van der Waals surface area contributed by atoms with E-state index >= 15 is 0 Å². The summed E-state index contributed by atoms with van der Waals surface area (Å²) in [4.78, 5) is 28.9. The predicted molar refractivity (Wildman–Crippen MR) is 97.5 cm³/mol. The van der Waals surface area contributed by atoms with Gasteiger partial charge >= 0.3 is 5.97 Å². The van der Waals surface area contributed by atoms with Crippen LogP contribution in [0.4, 0.5) is 4.39 Å². The van der Waals surface area contributed by atoms with Gasteiger partial charge in [0.2, 0.25) is 0 Å². The Morgan fingerprint density at radius 2 is 2.04 bits per heavy atom. The fourth-order valence-electron chi connectivity index (χ4n) is 2.53. The van der Waals surface area contributed by atoms with Gasteiger partial charge in [-0.05, 0) is 49.7 Å². The standard InChI is InChI=1S/C19H17FN2O3S/c1-3-25-17(23)11-22-15-8-7-12(2)9-16(15)26-19(22)21-18(24)13-5-4-6-14(20)10-13/h4-10H,3,11H2,1-2H3. The molecular weight excluding hydrogens is 355 g/mol. The third kappa shape index (κ3) is 3.88. The monoisotopic (exact) mass is 372 g/mol. The summed E-state index contributed by atoms with van der Waals surface area (Å²) in [5, 5.41) is 0. The Kier molecular flexibility index (Phi) is 5.27. The van der Waals surface area contributed by atoms with Crippen LogP contribution in [-0.4, -0.2) is 23.1 Å². The van der Waals surface area contributed by atoms with Crippen LogP contribution in [0.1, 0.15) is 22.8 Å². The highest BCUT2D eigenvalue weighted by molar-refractivity contribution is 7.16. The van der Waals surface area contributed by atoms with Crippen LogP contribution < -0.4 is 4.80 Å². The van der Waals surface area contributed by atoms with E-state index in [-0.39, 0.29) is 18.7 Å². The Morgan fingerprint density at radius 3 is 2.77 bits per heavy atom. The Morgan fingerprint density at radius 1 is 1.23 bits per heavy atom. The van der Waals surface area contributed by atoms with E-state index in [0.29, 0.717) is 4.80 Å². The zero-order valence-corrected chi connectivity index (χ0v) is 15.2. The van der Waals surface area contributed by atoms with Crippen molar-refractivity contribution >= 4 is 33.4 Å². The highest BCUT2D eigenvalue weighted by Crippen LogP contribution is 2.19. The molecule has 134 valence electrons. The molecule has 3 aromatic rings. The van der Waals surface area contributed by atoms with Crippen molar-refractivity contribution in [2.75, 3.05) is 6.61 Å². The molecule has 0 N–H and O–H groups in total. The van der Waals surface area contributed by atoms with Crippen LogP contribution in [0.3, 0.4) is 0 Å². The lowest BCUT2D eigenvalue weighted by molar-refractivity contribution is -0.143. The quantitative estimate of drug-likeness (QED) is 0.659. The van der Waals surface area contributed by atoms with Crippen molar-refractivity contribution in [1.29, 1.82) is 0 Å². The summed E-state index contributed by atoms with van der Waals surface area (Å²) < 4.78 is 20.9. The number of halogens is 1. The van der Waals surface area contributed by atoms with Gasteiger partial charge in [-0.2, -0.15) is 4.99 Å². The first-order chi connectivity index (χ1) is 12.5. The molecule has 26 heavy (non-hydrogen) atoms. The lowest BCUT2D eigenvalue weighted by Gasteiger charge is -2.05. The highest BCUT2D eigenvalue weighted by atomic mass is 32.1. The van der Waals surface area contributed by atoms with Gasteiger partial charge in [-0.1, -0.05) is 23.5 Å². The smallest absolute Gasteiger partial charge is 0.326 e. The Labute approximate surface area is 153 Å². The van der Waals surface area contributed by atoms with Gasteiger partial charge in [0.15, 0.2) is 4.80 Å². The first-order valence-electron chi connectivity index (χ1n) is 8.08. The van der Waals surface area contributed by atoms with Crippen molar-refractivity contribution in [3.63, 3.8) is 0 Å². The number of carbonyl (C=O) groups excluding carboxylic acids is 2. The van der Waals surface area contributed by atoms with Crippen molar-refractivity contribution in [2.45, 2.75) is 20.4 Å². The molecule has 0 atom stereocenters. The van der Waals surface area contributed by atoms with E-state index in [1.165, 1.54) is 29.5 Å². The van der Waals surface area contributed by atoms with Crippen LogP contribution >= 0.6 is 11.3 Å². The third-order valence-corrected chi connectivity index (χ3v) is 4.74. The molecule has 7 heteroatoms. The first-order valence-corrected chi connectivity index (χ1v) is 8.90. The number of ether oxygens (including phenoxy) is 1. The number of amides is 1. The maximum absolute atomic E-state index is 13.4. The molecule has 0 aliphatic heterocycles. The molecule has 0 fully saturated rings. The summed E-state index contributed by atoms with van der Waals surface area (Å²) in [5.41, 5.74) is 2.01. The van der Waals surface area contributed by atoms with E-state index in [1.807, 2.05) is 25.1 Å². The van der Waals surface area contributed by atoms with Crippen molar-refractivity contribution in [3.8, 4) is 0 Å². The lowest BCUT2D eigenvalue weighted by Crippen LogP contribution is -2.23. The van der Waals surface area contributed by atoms with Gasteiger partial charge in [0.25, 0.3) is 5.91 Å². The number of thiazole rings is 1. The van der Waals surface area contributed by atoms with Crippen molar-refractivity contribution < 1.29 is 18.7 Å². The molecule has 5 nitrogen and oxygen atoms in total. The van der Waals surface area contributed by atoms with E-state index in [0.717, 1.165) is 21.8 Å². The zero-order chi connectivity index (χ0) is 18.7. The van der Waals surface area contributed by atoms with Gasteiger partial charge in [0.1, 0.15) is 12.4 Å². The molecule has 0 saturated carbocycles. The summed E-state index contributed by atoms with van der Waals surface area (Å²) in [6, 6.07) is 11.1. The summed E-state index contributed by atoms with van der Waals surface area (Å²) >= 11 is 1.30. The second-order valence-electron chi connectivity index (χ2n) is 5.67. The average Bonchev–Trinajstić information content (AvgIpc) is 2.91. The van der Waals surface area contributed by atoms with Gasteiger partial charge in [-0.25, -0.2) is 4.39 Å². The minimum atomic E-state index is -0.564. The highest BCUT2D eigenvalue weighted by Gasteiger charge is 2.13. The molecule has 0 bridgehead atoms. The Hall–Kier alpha value is -2.80. The third-order valence-electron chi connectivity index (χ3n) is 3.70. The number of aryl methyl sites for hydroxylation is 1. The van der Waals surface area contributed by atoms with Gasteiger partial charge < -0.3 is 9.30 Å². The number of esters is 1. The predicted octanol–water partition coefficient (Wildman–Crippen LogP) is 3.45. The molecule has 0 spiro atoms. The number of aromatic nitrogens is 1. The second-order valence-corrected chi connectivity index (χ2v) is 6.68. The summed E-state index contributed by atoms with van der Waals surface area (Å²) in [6.07, 6.45) is 0. The van der Waals surface area contributed by atoms with Gasteiger partial charge in [0.05, 0.1) is 16.8 Å². The number of nitrogens with zero attached hydrogens (tertiary/aromatic N) is 2. The molecule has 0 aliphatic carbocycles.